The molecule has 1 aromatic carbocycles. The van der Waals surface area contributed by atoms with Crippen LogP contribution in [-0.4, -0.2) is 10.0 Å². The van der Waals surface area contributed by atoms with Gasteiger partial charge in [0.2, 0.25) is 5.82 Å². The SMILES string of the molecule is N#Cc1cc(F)cc(F)c1[N+](=O)[O-].O=[N+]([O-])[O-].[K+]. The van der Waals surface area contributed by atoms with Gasteiger partial charge in [-0.15, -0.1) is 0 Å². The van der Waals surface area contributed by atoms with E-state index in [0.717, 1.165) is 0 Å². The largest absolute Gasteiger partial charge is 1.00 e. The Morgan fingerprint density at radius 3 is 1.94 bits per heavy atom. The van der Waals surface area contributed by atoms with Crippen LogP contribution in [0.15, 0.2) is 12.1 Å². The number of hydrogen-bond acceptors (Lipinski definition) is 6. The molecule has 1 rings (SSSR count). The van der Waals surface area contributed by atoms with Gasteiger partial charge in [0.05, 0.1) is 10.0 Å². The third-order valence-electron chi connectivity index (χ3n) is 1.33. The maximum Gasteiger partial charge on any atom is 1.00 e. The zero-order valence-corrected chi connectivity index (χ0v) is 11.9. The Hall–Kier alpha value is -1.19. The Labute approximate surface area is 141 Å². The molecule has 0 saturated carbocycles. The molecule has 18 heavy (non-hydrogen) atoms. The first-order valence-electron chi connectivity index (χ1n) is 3.64. The van der Waals surface area contributed by atoms with Crippen molar-refractivity contribution in [1.29, 1.82) is 5.26 Å². The van der Waals surface area contributed by atoms with E-state index in [2.05, 4.69) is 0 Å². The molecule has 0 aliphatic heterocycles. The number of nitro groups is 1. The summed E-state index contributed by atoms with van der Waals surface area (Å²) in [4.78, 5) is 17.4. The first kappa shape index (κ1) is 19.2. The molecule has 0 aromatic heterocycles. The van der Waals surface area contributed by atoms with Gasteiger partial charge in [-0.1, -0.05) is 0 Å². The molecule has 0 aliphatic rings. The zero-order chi connectivity index (χ0) is 13.6. The molecule has 1 aromatic rings. The molecule has 0 radical (unpaired) electrons. The van der Waals surface area contributed by atoms with Crippen LogP contribution in [0.4, 0.5) is 14.5 Å². The van der Waals surface area contributed by atoms with Crippen LogP contribution in [0.1, 0.15) is 5.56 Å². The number of rotatable bonds is 1. The van der Waals surface area contributed by atoms with E-state index >= 15 is 0 Å². The molecule has 0 saturated heterocycles. The summed E-state index contributed by atoms with van der Waals surface area (Å²) in [6, 6.07) is 2.31. The normalized spacial score (nSPS) is 8.06. The van der Waals surface area contributed by atoms with Crippen LogP contribution in [0.3, 0.4) is 0 Å². The average molecular weight is 285 g/mol. The monoisotopic (exact) mass is 285 g/mol. The molecule has 0 amide bonds. The van der Waals surface area contributed by atoms with Gasteiger partial charge in [0.1, 0.15) is 17.4 Å². The van der Waals surface area contributed by atoms with Crippen molar-refractivity contribution in [3.05, 3.63) is 54.8 Å². The van der Waals surface area contributed by atoms with E-state index in [4.69, 9.17) is 20.6 Å². The topological polar surface area (TPSA) is 133 Å². The Morgan fingerprint density at radius 1 is 1.17 bits per heavy atom. The van der Waals surface area contributed by atoms with Gasteiger partial charge in [0.15, 0.2) is 0 Å². The maximum absolute atomic E-state index is 12.7. The third kappa shape index (κ3) is 6.52. The Kier molecular flexibility index (Phi) is 9.40. The van der Waals surface area contributed by atoms with Crippen molar-refractivity contribution in [3.63, 3.8) is 0 Å². The van der Waals surface area contributed by atoms with Crippen molar-refractivity contribution in [2.75, 3.05) is 0 Å². The minimum Gasteiger partial charge on any atom is -0.356 e. The van der Waals surface area contributed by atoms with E-state index < -0.39 is 32.9 Å². The van der Waals surface area contributed by atoms with Crippen LogP contribution >= 0.6 is 0 Å². The fourth-order valence-corrected chi connectivity index (χ4v) is 0.837. The van der Waals surface area contributed by atoms with Gasteiger partial charge < -0.3 is 15.3 Å². The Balaban J connectivity index is 0. The van der Waals surface area contributed by atoms with Crippen molar-refractivity contribution >= 4 is 5.69 Å². The zero-order valence-electron chi connectivity index (χ0n) is 8.79. The molecule has 0 fully saturated rings. The van der Waals surface area contributed by atoms with Gasteiger partial charge in [-0.2, -0.15) is 9.65 Å². The average Bonchev–Trinajstić information content (AvgIpc) is 2.14. The summed E-state index contributed by atoms with van der Waals surface area (Å²) >= 11 is 0. The standard InChI is InChI=1S/C7H2F2N2O2.K.NO3/c8-5-1-4(3-10)7(11(12)13)6(9)2-5;;2-1(3)4/h1-2H;;/q;+1;-1. The minimum atomic E-state index is -1.75. The van der Waals surface area contributed by atoms with Crippen LogP contribution in [0.5, 0.6) is 0 Å². The van der Waals surface area contributed by atoms with Crippen LogP contribution in [0.2, 0.25) is 0 Å². The Bertz CT molecular complexity index is 501. The molecule has 8 nitrogen and oxygen atoms in total. The van der Waals surface area contributed by atoms with E-state index in [1.165, 1.54) is 6.07 Å². The quantitative estimate of drug-likeness (QED) is 0.350. The summed E-state index contributed by atoms with van der Waals surface area (Å²) < 4.78 is 25.2. The number of benzene rings is 1. The summed E-state index contributed by atoms with van der Waals surface area (Å²) in [5, 5.41) is 33.3. The number of hydrogen-bond donors (Lipinski definition) is 0. The van der Waals surface area contributed by atoms with Gasteiger partial charge in [-0.3, -0.25) is 10.1 Å². The van der Waals surface area contributed by atoms with Crippen molar-refractivity contribution in [1.82, 2.24) is 0 Å². The molecule has 0 unspecified atom stereocenters. The predicted octanol–water partition coefficient (Wildman–Crippen LogP) is -1.49. The van der Waals surface area contributed by atoms with Gasteiger partial charge >= 0.3 is 57.1 Å². The second-order valence-corrected chi connectivity index (χ2v) is 2.38. The molecule has 90 valence electrons. The molecule has 0 N–H and O–H groups in total. The van der Waals surface area contributed by atoms with Crippen LogP contribution in [0, 0.1) is 48.4 Å². The van der Waals surface area contributed by atoms with E-state index in [1.54, 1.807) is 0 Å². The van der Waals surface area contributed by atoms with Crippen LogP contribution < -0.4 is 51.4 Å². The fraction of sp³-hybridized carbons (Fsp3) is 0. The molecule has 0 bridgehead atoms. The summed E-state index contributed by atoms with van der Waals surface area (Å²) in [6.07, 6.45) is 0. The van der Waals surface area contributed by atoms with E-state index in [0.29, 0.717) is 12.1 Å². The smallest absolute Gasteiger partial charge is 0.356 e. The summed E-state index contributed by atoms with van der Waals surface area (Å²) in [6.45, 7) is 0. The molecule has 0 spiro atoms. The van der Waals surface area contributed by atoms with Crippen molar-refractivity contribution in [3.8, 4) is 6.07 Å². The number of nitrogens with zero attached hydrogens (tertiary/aromatic N) is 3. The summed E-state index contributed by atoms with van der Waals surface area (Å²) in [7, 11) is 0. The number of nitro benzene ring substituents is 1. The molecule has 0 aliphatic carbocycles. The van der Waals surface area contributed by atoms with Crippen molar-refractivity contribution < 1.29 is 70.2 Å². The van der Waals surface area contributed by atoms with E-state index in [-0.39, 0.29) is 51.4 Å². The fourth-order valence-electron chi connectivity index (χ4n) is 0.837. The van der Waals surface area contributed by atoms with Gasteiger partial charge in [-0.05, 0) is 6.07 Å². The molecule has 0 atom stereocenters. The Morgan fingerprint density at radius 2 is 1.61 bits per heavy atom. The molecular weight excluding hydrogens is 283 g/mol. The third-order valence-corrected chi connectivity index (χ3v) is 1.33. The van der Waals surface area contributed by atoms with E-state index in [1.807, 2.05) is 0 Å². The number of halogens is 2. The number of nitriles is 1. The minimum absolute atomic E-state index is 0. The van der Waals surface area contributed by atoms with Gasteiger partial charge in [0.25, 0.3) is 0 Å². The van der Waals surface area contributed by atoms with Crippen molar-refractivity contribution in [2.45, 2.75) is 0 Å². The maximum atomic E-state index is 12.7. The second kappa shape index (κ2) is 8.83. The van der Waals surface area contributed by atoms with Crippen LogP contribution in [-0.2, 0) is 0 Å². The van der Waals surface area contributed by atoms with Crippen molar-refractivity contribution in [2.24, 2.45) is 0 Å². The summed E-state index contributed by atoms with van der Waals surface area (Å²) in [5.41, 5.74) is -1.62. The molecule has 0 heterocycles. The summed E-state index contributed by atoms with van der Waals surface area (Å²) in [5.74, 6) is -2.36. The molecule has 11 heteroatoms. The van der Waals surface area contributed by atoms with E-state index in [9.17, 15) is 18.9 Å². The first-order chi connectivity index (χ1) is 7.79. The predicted molar refractivity (Wildman–Crippen MR) is 48.1 cm³/mol. The molecular formula is C7H2F2KN3O5. The van der Waals surface area contributed by atoms with Gasteiger partial charge in [0, 0.05) is 6.07 Å². The van der Waals surface area contributed by atoms with Gasteiger partial charge in [-0.25, -0.2) is 4.39 Å². The second-order valence-electron chi connectivity index (χ2n) is 2.38. The van der Waals surface area contributed by atoms with Crippen LogP contribution in [0.25, 0.3) is 0 Å². The first-order valence-corrected chi connectivity index (χ1v) is 3.64.